The summed E-state index contributed by atoms with van der Waals surface area (Å²) >= 11 is 1.24. The predicted molar refractivity (Wildman–Crippen MR) is 97.9 cm³/mol. The topological polar surface area (TPSA) is 59.4 Å². The number of rotatable bonds is 4. The first-order chi connectivity index (χ1) is 11.9. The number of nitrogens with zero attached hydrogens (tertiary/aromatic N) is 2. The zero-order valence-electron chi connectivity index (χ0n) is 13.7. The van der Waals surface area contributed by atoms with Crippen molar-refractivity contribution in [1.29, 1.82) is 0 Å². The smallest absolute Gasteiger partial charge is 0.267 e. The van der Waals surface area contributed by atoms with Crippen molar-refractivity contribution in [1.82, 2.24) is 4.98 Å². The third-order valence-corrected chi connectivity index (χ3v) is 5.17. The summed E-state index contributed by atoms with van der Waals surface area (Å²) in [4.78, 5) is 27.4. The number of fused-ring (bicyclic) bond motifs is 1. The fraction of sp³-hybridized carbons (Fsp3) is 0.158. The van der Waals surface area contributed by atoms with E-state index in [4.69, 9.17) is 0 Å². The van der Waals surface area contributed by atoms with Gasteiger partial charge in [0, 0.05) is 33.4 Å². The Morgan fingerprint density at radius 1 is 1.08 bits per heavy atom. The number of carbonyl (C=O) groups excluding carboxylic acids is 1. The Bertz CT molecular complexity index is 973. The summed E-state index contributed by atoms with van der Waals surface area (Å²) in [6.07, 6.45) is 3.29. The second kappa shape index (κ2) is 6.72. The summed E-state index contributed by atoms with van der Waals surface area (Å²) < 4.78 is 13.1. The molecular formula is C19H15FN2O2S. The van der Waals surface area contributed by atoms with Gasteiger partial charge in [-0.15, -0.1) is 16.7 Å². The minimum Gasteiger partial charge on any atom is -0.267 e. The monoisotopic (exact) mass is 354 g/mol. The molecule has 3 rings (SSSR count). The zero-order chi connectivity index (χ0) is 18.0. The number of hydrogen-bond acceptors (Lipinski definition) is 4. The molecule has 1 amide bonds. The maximum Gasteiger partial charge on any atom is 0.302 e. The highest BCUT2D eigenvalue weighted by molar-refractivity contribution is 8.01. The van der Waals surface area contributed by atoms with E-state index in [-0.39, 0.29) is 5.82 Å². The molecule has 1 heterocycles. The molecule has 1 aromatic heterocycles. The molecular weight excluding hydrogens is 339 g/mol. The van der Waals surface area contributed by atoms with Crippen LogP contribution in [0.3, 0.4) is 0 Å². The van der Waals surface area contributed by atoms with E-state index < -0.39 is 10.7 Å². The second-order valence-electron chi connectivity index (χ2n) is 6.02. The van der Waals surface area contributed by atoms with Crippen LogP contribution >= 0.6 is 11.8 Å². The maximum atomic E-state index is 14.1. The summed E-state index contributed by atoms with van der Waals surface area (Å²) in [7, 11) is 0. The third kappa shape index (κ3) is 3.30. The van der Waals surface area contributed by atoms with Gasteiger partial charge in [0.25, 0.3) is 0 Å². The molecule has 0 unspecified atom stereocenters. The van der Waals surface area contributed by atoms with Crippen LogP contribution in [0.4, 0.5) is 4.39 Å². The van der Waals surface area contributed by atoms with Gasteiger partial charge in [-0.3, -0.25) is 9.78 Å². The molecule has 0 saturated heterocycles. The summed E-state index contributed by atoms with van der Waals surface area (Å²) in [5.74, 6) is -1.03. The lowest BCUT2D eigenvalue weighted by Gasteiger charge is -2.20. The molecule has 4 nitrogen and oxygen atoms in total. The van der Waals surface area contributed by atoms with E-state index in [2.05, 4.69) is 10.2 Å². The van der Waals surface area contributed by atoms with Crippen LogP contribution in [-0.2, 0) is 4.79 Å². The van der Waals surface area contributed by atoms with Gasteiger partial charge in [0.15, 0.2) is 0 Å². The molecule has 0 aliphatic rings. The number of hydrogen-bond donors (Lipinski definition) is 0. The molecule has 126 valence electrons. The van der Waals surface area contributed by atoms with Crippen LogP contribution < -0.4 is 0 Å². The maximum absolute atomic E-state index is 14.1. The van der Waals surface area contributed by atoms with E-state index in [1.807, 2.05) is 12.1 Å². The van der Waals surface area contributed by atoms with E-state index in [9.17, 15) is 14.1 Å². The summed E-state index contributed by atoms with van der Waals surface area (Å²) in [6, 6.07) is 12.1. The van der Waals surface area contributed by atoms with E-state index in [0.717, 1.165) is 21.4 Å². The molecule has 0 aliphatic heterocycles. The molecule has 0 spiro atoms. The lowest BCUT2D eigenvalue weighted by molar-refractivity contribution is -0.119. The van der Waals surface area contributed by atoms with Crippen LogP contribution in [0.15, 0.2) is 64.9 Å². The van der Waals surface area contributed by atoms with Gasteiger partial charge >= 0.3 is 5.91 Å². The van der Waals surface area contributed by atoms with E-state index in [0.29, 0.717) is 5.39 Å². The highest BCUT2D eigenvalue weighted by Crippen LogP contribution is 2.41. The van der Waals surface area contributed by atoms with Crippen molar-refractivity contribution in [2.75, 3.05) is 0 Å². The molecule has 0 atom stereocenters. The van der Waals surface area contributed by atoms with Gasteiger partial charge < -0.3 is 0 Å². The lowest BCUT2D eigenvalue weighted by Crippen LogP contribution is -2.25. The number of pyridine rings is 1. The Labute approximate surface area is 148 Å². The highest BCUT2D eigenvalue weighted by atomic mass is 32.2. The number of benzene rings is 2. The predicted octanol–water partition coefficient (Wildman–Crippen LogP) is 5.20. The minimum atomic E-state index is -1.01. The summed E-state index contributed by atoms with van der Waals surface area (Å²) in [6.45, 7) is 3.29. The van der Waals surface area contributed by atoms with Crippen molar-refractivity contribution in [3.63, 3.8) is 0 Å². The highest BCUT2D eigenvalue weighted by Gasteiger charge is 2.31. The van der Waals surface area contributed by atoms with Gasteiger partial charge in [-0.25, -0.2) is 4.39 Å². The average molecular weight is 354 g/mol. The molecule has 25 heavy (non-hydrogen) atoms. The number of amides is 1. The minimum absolute atomic E-state index is 0.293. The first-order valence-corrected chi connectivity index (χ1v) is 8.44. The van der Waals surface area contributed by atoms with Crippen LogP contribution in [0, 0.1) is 10.7 Å². The van der Waals surface area contributed by atoms with Crippen molar-refractivity contribution in [2.24, 2.45) is 5.18 Å². The van der Waals surface area contributed by atoms with Crippen LogP contribution in [0.25, 0.3) is 21.9 Å². The van der Waals surface area contributed by atoms with Gasteiger partial charge in [0.05, 0.1) is 4.75 Å². The Kier molecular flexibility index (Phi) is 4.63. The molecule has 0 radical (unpaired) electrons. The van der Waals surface area contributed by atoms with Crippen LogP contribution in [0.1, 0.15) is 13.8 Å². The fourth-order valence-corrected chi connectivity index (χ4v) is 3.67. The molecule has 0 saturated carbocycles. The quantitative estimate of drug-likeness (QED) is 0.477. The molecule has 6 heteroatoms. The van der Waals surface area contributed by atoms with Crippen molar-refractivity contribution < 1.29 is 9.18 Å². The standard InChI is InChI=1S/C19H15FN2O2S/c1-19(2,18(23)22-24)25-17-9-10-21-11-15(17)13-7-8-16(20)14-6-4-3-5-12(13)14/h3-11H,1-2H3. The molecule has 2 aromatic carbocycles. The van der Waals surface area contributed by atoms with E-state index >= 15 is 0 Å². The van der Waals surface area contributed by atoms with Crippen molar-refractivity contribution in [3.05, 3.63) is 65.6 Å². The SMILES string of the molecule is CC(C)(Sc1ccncc1-c1ccc(F)c2ccccc12)C(=O)N=O. The first kappa shape index (κ1) is 17.2. The normalized spacial score (nSPS) is 11.5. The number of aromatic nitrogens is 1. The number of thioether (sulfide) groups is 1. The van der Waals surface area contributed by atoms with E-state index in [1.54, 1.807) is 50.5 Å². The average Bonchev–Trinajstić information content (AvgIpc) is 2.62. The fourth-order valence-electron chi connectivity index (χ4n) is 2.60. The van der Waals surface area contributed by atoms with Crippen LogP contribution in [0.5, 0.6) is 0 Å². The van der Waals surface area contributed by atoms with Crippen LogP contribution in [-0.4, -0.2) is 15.6 Å². The van der Waals surface area contributed by atoms with Gasteiger partial charge in [-0.2, -0.15) is 0 Å². The second-order valence-corrected chi connectivity index (χ2v) is 7.69. The van der Waals surface area contributed by atoms with Crippen LogP contribution in [0.2, 0.25) is 0 Å². The Balaban J connectivity index is 2.16. The third-order valence-electron chi connectivity index (χ3n) is 3.91. The zero-order valence-corrected chi connectivity index (χ0v) is 14.5. The molecule has 0 fully saturated rings. The molecule has 0 aliphatic carbocycles. The molecule has 0 bridgehead atoms. The largest absolute Gasteiger partial charge is 0.302 e. The van der Waals surface area contributed by atoms with Gasteiger partial charge in [0.2, 0.25) is 0 Å². The van der Waals surface area contributed by atoms with Crippen molar-refractivity contribution in [3.8, 4) is 11.1 Å². The Hall–Kier alpha value is -2.60. The van der Waals surface area contributed by atoms with Gasteiger partial charge in [-0.05, 0) is 36.9 Å². The summed E-state index contributed by atoms with van der Waals surface area (Å²) in [5.41, 5.74) is 1.59. The van der Waals surface area contributed by atoms with Crippen molar-refractivity contribution in [2.45, 2.75) is 23.5 Å². The lowest BCUT2D eigenvalue weighted by atomic mass is 9.99. The van der Waals surface area contributed by atoms with Gasteiger partial charge in [0.1, 0.15) is 5.82 Å². The number of halogens is 1. The number of nitroso groups, excluding NO2 is 1. The Morgan fingerprint density at radius 2 is 1.80 bits per heavy atom. The number of carbonyl (C=O) groups is 1. The van der Waals surface area contributed by atoms with Gasteiger partial charge in [-0.1, -0.05) is 30.3 Å². The molecule has 0 N–H and O–H groups in total. The summed E-state index contributed by atoms with van der Waals surface area (Å²) in [5, 5.41) is 3.82. The first-order valence-electron chi connectivity index (χ1n) is 7.62. The van der Waals surface area contributed by atoms with Crippen molar-refractivity contribution >= 4 is 28.4 Å². The Morgan fingerprint density at radius 3 is 2.52 bits per heavy atom. The van der Waals surface area contributed by atoms with E-state index in [1.165, 1.54) is 17.8 Å². The molecule has 3 aromatic rings.